The van der Waals surface area contributed by atoms with Crippen LogP contribution < -0.4 is 11.5 Å². The van der Waals surface area contributed by atoms with E-state index in [1.807, 2.05) is 27.7 Å². The minimum absolute atomic E-state index is 0. The monoisotopic (exact) mass is 160 g/mol. The van der Waals surface area contributed by atoms with E-state index >= 15 is 0 Å². The molecule has 0 saturated carbocycles. The summed E-state index contributed by atoms with van der Waals surface area (Å²) in [6, 6.07) is 0.333. The van der Waals surface area contributed by atoms with Crippen LogP contribution in [0.2, 0.25) is 0 Å². The maximum Gasteiger partial charge on any atom is 0.0120 e. The second-order valence-corrected chi connectivity index (χ2v) is 4.22. The van der Waals surface area contributed by atoms with Crippen LogP contribution in [0.3, 0.4) is 0 Å². The first kappa shape index (κ1) is 13.5. The highest BCUT2D eigenvalue weighted by Gasteiger charge is 2.14. The molecule has 0 bridgehead atoms. The summed E-state index contributed by atoms with van der Waals surface area (Å²) < 4.78 is 0. The van der Waals surface area contributed by atoms with E-state index in [2.05, 4.69) is 13.8 Å². The van der Waals surface area contributed by atoms with Crippen LogP contribution in [0.25, 0.3) is 0 Å². The summed E-state index contributed by atoms with van der Waals surface area (Å²) in [4.78, 5) is 0. The Labute approximate surface area is 71.3 Å². The number of nitrogens with two attached hydrogens (primary N) is 2. The molecule has 0 rings (SSSR count). The lowest BCUT2D eigenvalue weighted by molar-refractivity contribution is 0.373. The molecule has 0 fully saturated rings. The Balaban J connectivity index is 0. The minimum atomic E-state index is 0. The van der Waals surface area contributed by atoms with Gasteiger partial charge in [-0.15, -0.1) is 0 Å². The van der Waals surface area contributed by atoms with Gasteiger partial charge in [-0.1, -0.05) is 27.7 Å². The van der Waals surface area contributed by atoms with Crippen molar-refractivity contribution in [2.45, 2.75) is 53.1 Å². The maximum atomic E-state index is 5.68. The third-order valence-corrected chi connectivity index (χ3v) is 1.49. The molecule has 0 saturated heterocycles. The maximum absolute atomic E-state index is 5.68. The molecule has 0 aromatic heterocycles. The van der Waals surface area contributed by atoms with E-state index in [1.54, 1.807) is 0 Å². The molecule has 0 aliphatic carbocycles. The zero-order chi connectivity index (χ0) is 9.65. The van der Waals surface area contributed by atoms with E-state index in [0.717, 1.165) is 0 Å². The van der Waals surface area contributed by atoms with Gasteiger partial charge in [0.15, 0.2) is 0 Å². The van der Waals surface area contributed by atoms with Gasteiger partial charge in [0.2, 0.25) is 0 Å². The summed E-state index contributed by atoms with van der Waals surface area (Å²) in [5, 5.41) is 0. The lowest BCUT2D eigenvalue weighted by Gasteiger charge is -2.22. The highest BCUT2D eigenvalue weighted by atomic mass is 14.7. The summed E-state index contributed by atoms with van der Waals surface area (Å²) in [6.45, 7) is 12.2. The molecule has 4 N–H and O–H groups in total. The fourth-order valence-electron chi connectivity index (χ4n) is 0. The first-order valence-electron chi connectivity index (χ1n) is 4.22. The Bertz CT molecular complexity index is 77.3. The van der Waals surface area contributed by atoms with Crippen molar-refractivity contribution >= 4 is 0 Å². The quantitative estimate of drug-likeness (QED) is 0.614. The first-order chi connectivity index (χ1) is 4.68. The van der Waals surface area contributed by atoms with Crippen molar-refractivity contribution in [3.8, 4) is 0 Å². The highest BCUT2D eigenvalue weighted by molar-refractivity contribution is 4.74. The molecule has 0 amide bonds. The first-order valence-corrected chi connectivity index (χ1v) is 4.22. The van der Waals surface area contributed by atoms with E-state index in [0.29, 0.717) is 12.0 Å². The second kappa shape index (κ2) is 5.56. The van der Waals surface area contributed by atoms with Crippen LogP contribution in [-0.4, -0.2) is 11.6 Å². The average Bonchev–Trinajstić information content (AvgIpc) is 1.59. The molecule has 2 nitrogen and oxygen atoms in total. The molecule has 0 aliphatic rings. The predicted octanol–water partition coefficient (Wildman–Crippen LogP) is 1.73. The standard InChI is InChI=1S/C6H15N.C3H9N/c1-5(2)6(3,4)7;1-3(2)4/h5H,7H2,1-4H3;3H,4H2,1-2H3. The van der Waals surface area contributed by atoms with Gasteiger partial charge in [0.1, 0.15) is 0 Å². The summed E-state index contributed by atoms with van der Waals surface area (Å²) in [7, 11) is 0. The van der Waals surface area contributed by atoms with E-state index in [4.69, 9.17) is 11.5 Å². The van der Waals surface area contributed by atoms with Gasteiger partial charge < -0.3 is 11.5 Å². The van der Waals surface area contributed by atoms with Gasteiger partial charge >= 0.3 is 0 Å². The Morgan fingerprint density at radius 3 is 1.09 bits per heavy atom. The van der Waals surface area contributed by atoms with Crippen LogP contribution >= 0.6 is 0 Å². The van der Waals surface area contributed by atoms with Crippen molar-refractivity contribution in [2.75, 3.05) is 0 Å². The number of rotatable bonds is 1. The van der Waals surface area contributed by atoms with E-state index in [1.165, 1.54) is 0 Å². The van der Waals surface area contributed by atoms with E-state index in [9.17, 15) is 0 Å². The van der Waals surface area contributed by atoms with Crippen molar-refractivity contribution in [1.29, 1.82) is 0 Å². The highest BCUT2D eigenvalue weighted by Crippen LogP contribution is 2.09. The average molecular weight is 160 g/mol. The Hall–Kier alpha value is -0.0800. The van der Waals surface area contributed by atoms with Crippen LogP contribution in [0.4, 0.5) is 0 Å². The lowest BCUT2D eigenvalue weighted by Crippen LogP contribution is -2.37. The SMILES string of the molecule is CC(C)C(C)(C)N.CC(C)N. The Kier molecular flexibility index (Phi) is 6.82. The molecule has 0 unspecified atom stereocenters. The van der Waals surface area contributed by atoms with Crippen LogP contribution in [0, 0.1) is 5.92 Å². The third-order valence-electron chi connectivity index (χ3n) is 1.49. The van der Waals surface area contributed by atoms with Crippen LogP contribution in [0.5, 0.6) is 0 Å². The fourth-order valence-corrected chi connectivity index (χ4v) is 0. The van der Waals surface area contributed by atoms with Gasteiger partial charge in [0.25, 0.3) is 0 Å². The molecule has 0 aliphatic heterocycles. The van der Waals surface area contributed by atoms with E-state index < -0.39 is 0 Å². The molecule has 0 aromatic carbocycles. The topological polar surface area (TPSA) is 52.0 Å². The van der Waals surface area contributed by atoms with Crippen molar-refractivity contribution in [3.05, 3.63) is 0 Å². The molecular formula is C9H24N2. The van der Waals surface area contributed by atoms with Gasteiger partial charge in [-0.2, -0.15) is 0 Å². The molecule has 0 spiro atoms. The van der Waals surface area contributed by atoms with Crippen LogP contribution in [-0.2, 0) is 0 Å². The molecule has 0 radical (unpaired) electrons. The van der Waals surface area contributed by atoms with Gasteiger partial charge in [-0.3, -0.25) is 0 Å². The molecule has 11 heavy (non-hydrogen) atoms. The van der Waals surface area contributed by atoms with Gasteiger partial charge in [0.05, 0.1) is 0 Å². The fraction of sp³-hybridized carbons (Fsp3) is 1.00. The van der Waals surface area contributed by atoms with Gasteiger partial charge in [-0.25, -0.2) is 0 Å². The van der Waals surface area contributed by atoms with Crippen molar-refractivity contribution in [2.24, 2.45) is 17.4 Å². The molecule has 0 heterocycles. The van der Waals surface area contributed by atoms with Crippen LogP contribution in [0.15, 0.2) is 0 Å². The van der Waals surface area contributed by atoms with Crippen molar-refractivity contribution in [3.63, 3.8) is 0 Å². The zero-order valence-electron chi connectivity index (χ0n) is 8.81. The largest absolute Gasteiger partial charge is 0.328 e. The minimum Gasteiger partial charge on any atom is -0.328 e. The van der Waals surface area contributed by atoms with E-state index in [-0.39, 0.29) is 5.54 Å². The molecule has 2 heteroatoms. The molecule has 0 aromatic rings. The number of hydrogen-bond acceptors (Lipinski definition) is 2. The Morgan fingerprint density at radius 2 is 1.09 bits per heavy atom. The summed E-state index contributed by atoms with van der Waals surface area (Å²) in [5.41, 5.74) is 10.8. The van der Waals surface area contributed by atoms with Crippen molar-refractivity contribution < 1.29 is 0 Å². The van der Waals surface area contributed by atoms with Gasteiger partial charge in [-0.05, 0) is 25.8 Å². The normalized spacial score (nSPS) is 11.5. The summed E-state index contributed by atoms with van der Waals surface area (Å²) in [6.07, 6.45) is 0. The smallest absolute Gasteiger partial charge is 0.0120 e. The summed E-state index contributed by atoms with van der Waals surface area (Å²) in [5.74, 6) is 0.576. The van der Waals surface area contributed by atoms with Crippen LogP contribution in [0.1, 0.15) is 41.5 Å². The summed E-state index contributed by atoms with van der Waals surface area (Å²) >= 11 is 0. The molecule has 0 atom stereocenters. The molecule has 70 valence electrons. The predicted molar refractivity (Wildman–Crippen MR) is 52.4 cm³/mol. The second-order valence-electron chi connectivity index (χ2n) is 4.22. The van der Waals surface area contributed by atoms with Crippen molar-refractivity contribution in [1.82, 2.24) is 0 Å². The third kappa shape index (κ3) is 17.8. The zero-order valence-corrected chi connectivity index (χ0v) is 8.81. The van der Waals surface area contributed by atoms with Gasteiger partial charge in [0, 0.05) is 5.54 Å². The Morgan fingerprint density at radius 1 is 1.00 bits per heavy atom. The number of hydrogen-bond donors (Lipinski definition) is 2. The molecular weight excluding hydrogens is 136 g/mol. The lowest BCUT2D eigenvalue weighted by atomic mass is 9.92.